The van der Waals surface area contributed by atoms with E-state index in [9.17, 15) is 4.79 Å². The summed E-state index contributed by atoms with van der Waals surface area (Å²) >= 11 is 1.42. The second kappa shape index (κ2) is 10.8. The molecule has 4 aromatic rings. The lowest BCUT2D eigenvalue weighted by molar-refractivity contribution is 0.0910. The number of anilines is 1. The number of fused-ring (bicyclic) bond motifs is 1. The molecule has 1 unspecified atom stereocenters. The minimum Gasteiger partial charge on any atom is -0.493 e. The summed E-state index contributed by atoms with van der Waals surface area (Å²) in [5.74, 6) is 1.67. The SMILES string of the molecule is COc1ccc(NC(=O)OCC(Oc2cccc3sc(C(=N)N)cc23)c2ccccc2)cc1OC. The van der Waals surface area contributed by atoms with Gasteiger partial charge in [-0.1, -0.05) is 36.4 Å². The smallest absolute Gasteiger partial charge is 0.411 e. The molecular weight excluding hydrogens is 466 g/mol. The fourth-order valence-corrected chi connectivity index (χ4v) is 4.45. The number of benzene rings is 3. The molecule has 8 nitrogen and oxygen atoms in total. The van der Waals surface area contributed by atoms with E-state index in [0.29, 0.717) is 27.8 Å². The second-order valence-electron chi connectivity index (χ2n) is 7.50. The molecule has 0 spiro atoms. The van der Waals surface area contributed by atoms with Gasteiger partial charge in [0.25, 0.3) is 0 Å². The third-order valence-corrected chi connectivity index (χ3v) is 6.36. The molecular formula is C26H25N3O5S. The molecule has 0 aliphatic rings. The molecule has 180 valence electrons. The molecule has 35 heavy (non-hydrogen) atoms. The molecule has 0 aliphatic carbocycles. The fraction of sp³-hybridized carbons (Fsp3) is 0.154. The Balaban J connectivity index is 1.51. The zero-order chi connectivity index (χ0) is 24.8. The van der Waals surface area contributed by atoms with Gasteiger partial charge < -0.3 is 24.7 Å². The number of carbonyl (C=O) groups is 1. The van der Waals surface area contributed by atoms with E-state index in [0.717, 1.165) is 15.6 Å². The Morgan fingerprint density at radius 1 is 0.971 bits per heavy atom. The highest BCUT2D eigenvalue weighted by Gasteiger charge is 2.19. The van der Waals surface area contributed by atoms with Gasteiger partial charge in [0.05, 0.1) is 19.1 Å². The number of amides is 1. The summed E-state index contributed by atoms with van der Waals surface area (Å²) in [4.78, 5) is 13.2. The molecule has 0 saturated heterocycles. The quantitative estimate of drug-likeness (QED) is 0.208. The average Bonchev–Trinajstić information content (AvgIpc) is 3.33. The minimum atomic E-state index is -0.630. The van der Waals surface area contributed by atoms with E-state index in [2.05, 4.69) is 5.32 Å². The van der Waals surface area contributed by atoms with E-state index in [-0.39, 0.29) is 12.4 Å². The Labute approximate surface area is 206 Å². The van der Waals surface area contributed by atoms with Gasteiger partial charge in [0, 0.05) is 21.8 Å². The van der Waals surface area contributed by atoms with Crippen molar-refractivity contribution in [3.8, 4) is 17.2 Å². The summed E-state index contributed by atoms with van der Waals surface area (Å²) in [6.07, 6.45) is -1.19. The van der Waals surface area contributed by atoms with Crippen LogP contribution < -0.4 is 25.3 Å². The van der Waals surface area contributed by atoms with Gasteiger partial charge in [-0.25, -0.2) is 4.79 Å². The molecule has 0 fully saturated rings. The van der Waals surface area contributed by atoms with Crippen molar-refractivity contribution in [3.05, 3.63) is 83.2 Å². The lowest BCUT2D eigenvalue weighted by atomic mass is 10.1. The number of thiophene rings is 1. The molecule has 0 radical (unpaired) electrons. The first-order valence-corrected chi connectivity index (χ1v) is 11.5. The average molecular weight is 492 g/mol. The van der Waals surface area contributed by atoms with Crippen LogP contribution >= 0.6 is 11.3 Å². The van der Waals surface area contributed by atoms with Gasteiger partial charge in [0.1, 0.15) is 18.2 Å². The number of nitrogens with two attached hydrogens (primary N) is 1. The lowest BCUT2D eigenvalue weighted by Crippen LogP contribution is -2.21. The Morgan fingerprint density at radius 2 is 1.74 bits per heavy atom. The maximum absolute atomic E-state index is 12.5. The van der Waals surface area contributed by atoms with E-state index >= 15 is 0 Å². The predicted molar refractivity (Wildman–Crippen MR) is 137 cm³/mol. The zero-order valence-electron chi connectivity index (χ0n) is 19.2. The van der Waals surface area contributed by atoms with Gasteiger partial charge in [-0.2, -0.15) is 0 Å². The number of rotatable bonds is 9. The molecule has 4 N–H and O–H groups in total. The number of methoxy groups -OCH3 is 2. The topological polar surface area (TPSA) is 116 Å². The van der Waals surface area contributed by atoms with Crippen LogP contribution in [0.3, 0.4) is 0 Å². The maximum atomic E-state index is 12.5. The first-order valence-electron chi connectivity index (χ1n) is 10.7. The number of nitrogen functional groups attached to an aromatic ring is 1. The Kier molecular flexibility index (Phi) is 7.37. The van der Waals surface area contributed by atoms with Crippen LogP contribution in [0.5, 0.6) is 17.2 Å². The van der Waals surface area contributed by atoms with Crippen LogP contribution in [0.2, 0.25) is 0 Å². The first kappa shape index (κ1) is 23.9. The number of carbonyl (C=O) groups excluding carboxylic acids is 1. The first-order chi connectivity index (χ1) is 17.0. The molecule has 1 heterocycles. The van der Waals surface area contributed by atoms with Gasteiger partial charge in [0.15, 0.2) is 17.6 Å². The normalized spacial score (nSPS) is 11.5. The summed E-state index contributed by atoms with van der Waals surface area (Å²) in [6, 6.07) is 22.1. The number of nitrogens with one attached hydrogen (secondary N) is 2. The van der Waals surface area contributed by atoms with E-state index in [1.54, 1.807) is 25.3 Å². The number of hydrogen-bond acceptors (Lipinski definition) is 7. The van der Waals surface area contributed by atoms with Crippen LogP contribution in [0.4, 0.5) is 10.5 Å². The number of ether oxygens (including phenoxy) is 4. The van der Waals surface area contributed by atoms with Crippen molar-refractivity contribution in [1.82, 2.24) is 0 Å². The van der Waals surface area contributed by atoms with Gasteiger partial charge in [-0.05, 0) is 35.9 Å². The Bertz CT molecular complexity index is 1340. The van der Waals surface area contributed by atoms with Crippen molar-refractivity contribution in [3.63, 3.8) is 0 Å². The third-order valence-electron chi connectivity index (χ3n) is 5.22. The highest BCUT2D eigenvalue weighted by molar-refractivity contribution is 7.20. The standard InChI is InChI=1S/C26H25N3O5S/c1-31-20-12-11-17(13-21(20)32-2)29-26(30)33-15-22(16-7-4-3-5-8-16)34-19-9-6-10-23-18(19)14-24(35-23)25(27)28/h3-14,22H,15H2,1-2H3,(H3,27,28)(H,29,30). The van der Waals surface area contributed by atoms with Crippen molar-refractivity contribution in [2.75, 3.05) is 26.1 Å². The fourth-order valence-electron chi connectivity index (χ4n) is 3.51. The monoisotopic (exact) mass is 491 g/mol. The zero-order valence-corrected chi connectivity index (χ0v) is 20.1. The molecule has 1 aromatic heterocycles. The highest BCUT2D eigenvalue weighted by atomic mass is 32.1. The molecule has 0 saturated carbocycles. The maximum Gasteiger partial charge on any atom is 0.411 e. The van der Waals surface area contributed by atoms with Crippen LogP contribution in [0, 0.1) is 5.41 Å². The number of hydrogen-bond donors (Lipinski definition) is 3. The van der Waals surface area contributed by atoms with Gasteiger partial charge in [-0.3, -0.25) is 10.7 Å². The van der Waals surface area contributed by atoms with Crippen molar-refractivity contribution in [2.24, 2.45) is 5.73 Å². The molecule has 4 rings (SSSR count). The van der Waals surface area contributed by atoms with Crippen molar-refractivity contribution >= 4 is 39.0 Å². The second-order valence-corrected chi connectivity index (χ2v) is 8.59. The minimum absolute atomic E-state index is 0.00641. The lowest BCUT2D eigenvalue weighted by Gasteiger charge is -2.20. The Hall–Kier alpha value is -4.24. The van der Waals surface area contributed by atoms with Crippen molar-refractivity contribution in [2.45, 2.75) is 6.10 Å². The summed E-state index contributed by atoms with van der Waals surface area (Å²) in [7, 11) is 3.07. The highest BCUT2D eigenvalue weighted by Crippen LogP contribution is 2.35. The molecule has 3 aromatic carbocycles. The van der Waals surface area contributed by atoms with Crippen LogP contribution in [-0.4, -0.2) is 32.8 Å². The summed E-state index contributed by atoms with van der Waals surface area (Å²) in [6.45, 7) is -0.0246. The Morgan fingerprint density at radius 3 is 2.46 bits per heavy atom. The van der Waals surface area contributed by atoms with Crippen molar-refractivity contribution < 1.29 is 23.7 Å². The molecule has 0 bridgehead atoms. The van der Waals surface area contributed by atoms with E-state index < -0.39 is 12.2 Å². The summed E-state index contributed by atoms with van der Waals surface area (Å²) < 4.78 is 23.3. The van der Waals surface area contributed by atoms with Crippen LogP contribution in [0.15, 0.2) is 72.8 Å². The van der Waals surface area contributed by atoms with Gasteiger partial charge in [0.2, 0.25) is 0 Å². The molecule has 9 heteroatoms. The third kappa shape index (κ3) is 5.64. The van der Waals surface area contributed by atoms with Gasteiger partial charge in [-0.15, -0.1) is 11.3 Å². The number of amidine groups is 1. The summed E-state index contributed by atoms with van der Waals surface area (Å²) in [5, 5.41) is 11.3. The molecule has 0 aliphatic heterocycles. The van der Waals surface area contributed by atoms with Crippen LogP contribution in [0.1, 0.15) is 16.5 Å². The van der Waals surface area contributed by atoms with Gasteiger partial charge >= 0.3 is 6.09 Å². The van der Waals surface area contributed by atoms with Crippen LogP contribution in [0.25, 0.3) is 10.1 Å². The molecule has 1 atom stereocenters. The largest absolute Gasteiger partial charge is 0.493 e. The molecule has 1 amide bonds. The predicted octanol–water partition coefficient (Wildman–Crippen LogP) is 5.57. The van der Waals surface area contributed by atoms with Crippen LogP contribution in [-0.2, 0) is 4.74 Å². The summed E-state index contributed by atoms with van der Waals surface area (Å²) in [5.41, 5.74) is 7.03. The van der Waals surface area contributed by atoms with E-state index in [4.69, 9.17) is 30.1 Å². The van der Waals surface area contributed by atoms with Crippen molar-refractivity contribution in [1.29, 1.82) is 5.41 Å². The van der Waals surface area contributed by atoms with E-state index in [1.807, 2.05) is 54.6 Å². The van der Waals surface area contributed by atoms with E-state index in [1.165, 1.54) is 18.4 Å².